The molecule has 1 aliphatic rings. The molecule has 0 radical (unpaired) electrons. The first-order chi connectivity index (χ1) is 7.79. The molecule has 0 unspecified atom stereocenters. The van der Waals surface area contributed by atoms with E-state index in [0.29, 0.717) is 4.61 Å². The maximum Gasteiger partial charge on any atom is 0.331 e. The number of hydrogen-bond donors (Lipinski definition) is 1. The maximum atomic E-state index is 11.1. The summed E-state index contributed by atoms with van der Waals surface area (Å²) in [5, 5.41) is 3.28. The third kappa shape index (κ3) is 2.82. The number of ether oxygens (including phenoxy) is 1. The molecule has 0 aliphatic carbocycles. The van der Waals surface area contributed by atoms with Crippen molar-refractivity contribution in [3.8, 4) is 0 Å². The van der Waals surface area contributed by atoms with Crippen molar-refractivity contribution in [2.75, 3.05) is 4.61 Å². The topological polar surface area (TPSA) is 38.3 Å². The molecule has 0 fully saturated rings. The molecule has 1 aromatic carbocycles. The number of benzene rings is 1. The molecule has 84 valence electrons. The van der Waals surface area contributed by atoms with E-state index in [1.807, 2.05) is 28.7 Å². The van der Waals surface area contributed by atoms with Gasteiger partial charge in [0.25, 0.3) is 0 Å². The molecule has 16 heavy (non-hydrogen) atoms. The zero-order valence-electron chi connectivity index (χ0n) is 8.70. The van der Waals surface area contributed by atoms with Gasteiger partial charge in [-0.05, 0) is 45.4 Å². The molecule has 2 rings (SSSR count). The number of fused-ring (bicyclic) bond motifs is 1. The smallest absolute Gasteiger partial charge is 0.331 e. The Labute approximate surface area is 108 Å². The van der Waals surface area contributed by atoms with E-state index in [9.17, 15) is 4.79 Å². The van der Waals surface area contributed by atoms with E-state index in [4.69, 9.17) is 4.74 Å². The van der Waals surface area contributed by atoms with Crippen LogP contribution < -0.4 is 5.32 Å². The van der Waals surface area contributed by atoms with E-state index in [1.165, 1.54) is 17.2 Å². The van der Waals surface area contributed by atoms with Crippen LogP contribution in [0.2, 0.25) is 0 Å². The molecular formula is C12H12INO2. The van der Waals surface area contributed by atoms with Crippen LogP contribution in [0.15, 0.2) is 24.3 Å². The van der Waals surface area contributed by atoms with Gasteiger partial charge in [-0.3, -0.25) is 0 Å². The standard InChI is InChI=1S/C12H12INO2/c13-8-16-12(15)4-2-9-1-3-10-6-14-7-11(10)5-9/h1-5,14H,6-8H2/b4-2+. The number of nitrogens with one attached hydrogen (secondary N) is 1. The average Bonchev–Trinajstić information content (AvgIpc) is 2.74. The summed E-state index contributed by atoms with van der Waals surface area (Å²) in [7, 11) is 0. The van der Waals surface area contributed by atoms with E-state index in [0.717, 1.165) is 18.7 Å². The Kier molecular flexibility index (Phi) is 3.95. The minimum Gasteiger partial charge on any atom is -0.452 e. The van der Waals surface area contributed by atoms with Crippen LogP contribution >= 0.6 is 22.6 Å². The second-order valence-corrected chi connectivity index (χ2v) is 4.16. The van der Waals surface area contributed by atoms with Crippen LogP contribution in [-0.2, 0) is 22.6 Å². The van der Waals surface area contributed by atoms with Gasteiger partial charge in [-0.1, -0.05) is 18.2 Å². The Balaban J connectivity index is 2.08. The molecule has 0 bridgehead atoms. The van der Waals surface area contributed by atoms with Gasteiger partial charge in [0.05, 0.1) is 0 Å². The lowest BCUT2D eigenvalue weighted by molar-refractivity contribution is -0.135. The molecule has 1 aromatic rings. The number of hydrogen-bond acceptors (Lipinski definition) is 3. The zero-order valence-corrected chi connectivity index (χ0v) is 10.9. The highest BCUT2D eigenvalue weighted by molar-refractivity contribution is 14.1. The van der Waals surface area contributed by atoms with Crippen LogP contribution in [0, 0.1) is 0 Å². The van der Waals surface area contributed by atoms with Gasteiger partial charge in [-0.25, -0.2) is 4.79 Å². The Hall–Kier alpha value is -0.880. The molecular weight excluding hydrogens is 317 g/mol. The summed E-state index contributed by atoms with van der Waals surface area (Å²) in [6.45, 7) is 1.85. The molecule has 4 heteroatoms. The largest absolute Gasteiger partial charge is 0.452 e. The number of carbonyl (C=O) groups is 1. The minimum atomic E-state index is -0.298. The second kappa shape index (κ2) is 5.45. The first kappa shape index (κ1) is 11.6. The SMILES string of the molecule is O=C(/C=C/c1ccc2c(c1)CNC2)OCI. The van der Waals surface area contributed by atoms with Crippen LogP contribution in [0.3, 0.4) is 0 Å². The molecule has 1 heterocycles. The summed E-state index contributed by atoms with van der Waals surface area (Å²) in [4.78, 5) is 11.1. The van der Waals surface area contributed by atoms with Gasteiger partial charge in [0.15, 0.2) is 0 Å². The van der Waals surface area contributed by atoms with Crippen molar-refractivity contribution in [2.24, 2.45) is 0 Å². The van der Waals surface area contributed by atoms with E-state index in [-0.39, 0.29) is 5.97 Å². The Morgan fingerprint density at radius 1 is 1.44 bits per heavy atom. The number of esters is 1. The van der Waals surface area contributed by atoms with Crippen LogP contribution in [0.4, 0.5) is 0 Å². The van der Waals surface area contributed by atoms with Crippen molar-refractivity contribution in [1.82, 2.24) is 5.32 Å². The second-order valence-electron chi connectivity index (χ2n) is 3.54. The number of alkyl halides is 1. The van der Waals surface area contributed by atoms with Crippen LogP contribution in [0.25, 0.3) is 6.08 Å². The van der Waals surface area contributed by atoms with Crippen LogP contribution in [-0.4, -0.2) is 10.6 Å². The molecule has 1 N–H and O–H groups in total. The van der Waals surface area contributed by atoms with E-state index in [2.05, 4.69) is 17.4 Å². The number of carbonyl (C=O) groups excluding carboxylic acids is 1. The van der Waals surface area contributed by atoms with Gasteiger partial charge >= 0.3 is 5.97 Å². The average molecular weight is 329 g/mol. The quantitative estimate of drug-likeness (QED) is 0.400. The van der Waals surface area contributed by atoms with Crippen molar-refractivity contribution in [1.29, 1.82) is 0 Å². The fourth-order valence-corrected chi connectivity index (χ4v) is 1.99. The van der Waals surface area contributed by atoms with Crippen molar-refractivity contribution in [2.45, 2.75) is 13.1 Å². The van der Waals surface area contributed by atoms with E-state index < -0.39 is 0 Å². The first-order valence-electron chi connectivity index (χ1n) is 5.03. The summed E-state index contributed by atoms with van der Waals surface area (Å²) in [5.41, 5.74) is 3.68. The molecule has 0 atom stereocenters. The van der Waals surface area contributed by atoms with E-state index >= 15 is 0 Å². The molecule has 0 saturated carbocycles. The summed E-state index contributed by atoms with van der Waals surface area (Å²) in [6.07, 6.45) is 3.25. The van der Waals surface area contributed by atoms with Gasteiger partial charge in [0, 0.05) is 19.2 Å². The number of halogens is 1. The molecule has 1 aliphatic heterocycles. The predicted molar refractivity (Wildman–Crippen MR) is 71.0 cm³/mol. The minimum absolute atomic E-state index is 0.298. The van der Waals surface area contributed by atoms with Crippen LogP contribution in [0.1, 0.15) is 16.7 Å². The fraction of sp³-hybridized carbons (Fsp3) is 0.250. The highest BCUT2D eigenvalue weighted by atomic mass is 127. The summed E-state index contributed by atoms with van der Waals surface area (Å²) >= 11 is 2.00. The van der Waals surface area contributed by atoms with Gasteiger partial charge in [0.1, 0.15) is 4.61 Å². The highest BCUT2D eigenvalue weighted by Gasteiger charge is 2.08. The first-order valence-corrected chi connectivity index (χ1v) is 6.55. The molecule has 0 spiro atoms. The Bertz CT molecular complexity index is 429. The normalized spacial score (nSPS) is 14.1. The summed E-state index contributed by atoms with van der Waals surface area (Å²) in [5.74, 6) is -0.298. The third-order valence-electron chi connectivity index (χ3n) is 2.47. The molecule has 0 amide bonds. The monoisotopic (exact) mass is 329 g/mol. The highest BCUT2D eigenvalue weighted by Crippen LogP contribution is 2.17. The lowest BCUT2D eigenvalue weighted by Crippen LogP contribution is -1.99. The van der Waals surface area contributed by atoms with Crippen LogP contribution in [0.5, 0.6) is 0 Å². The maximum absolute atomic E-state index is 11.1. The lowest BCUT2D eigenvalue weighted by Gasteiger charge is -1.99. The Morgan fingerprint density at radius 3 is 3.06 bits per heavy atom. The summed E-state index contributed by atoms with van der Waals surface area (Å²) < 4.78 is 5.19. The number of rotatable bonds is 3. The molecule has 0 saturated heterocycles. The van der Waals surface area contributed by atoms with E-state index in [1.54, 1.807) is 6.08 Å². The molecule has 3 nitrogen and oxygen atoms in total. The Morgan fingerprint density at radius 2 is 2.25 bits per heavy atom. The van der Waals surface area contributed by atoms with Gasteiger partial charge in [-0.15, -0.1) is 0 Å². The lowest BCUT2D eigenvalue weighted by atomic mass is 10.1. The van der Waals surface area contributed by atoms with Crippen molar-refractivity contribution in [3.05, 3.63) is 41.0 Å². The van der Waals surface area contributed by atoms with Gasteiger partial charge in [0.2, 0.25) is 0 Å². The fourth-order valence-electron chi connectivity index (χ4n) is 1.68. The van der Waals surface area contributed by atoms with Crippen molar-refractivity contribution < 1.29 is 9.53 Å². The zero-order chi connectivity index (χ0) is 11.4. The van der Waals surface area contributed by atoms with Crippen molar-refractivity contribution >= 4 is 34.6 Å². The summed E-state index contributed by atoms with van der Waals surface area (Å²) in [6, 6.07) is 6.21. The van der Waals surface area contributed by atoms with Crippen molar-refractivity contribution in [3.63, 3.8) is 0 Å². The van der Waals surface area contributed by atoms with Gasteiger partial charge < -0.3 is 10.1 Å². The van der Waals surface area contributed by atoms with Gasteiger partial charge in [-0.2, -0.15) is 0 Å². The molecule has 0 aromatic heterocycles. The predicted octanol–water partition coefficient (Wildman–Crippen LogP) is 2.24. The third-order valence-corrected chi connectivity index (χ3v) is 2.78.